The van der Waals surface area contributed by atoms with Gasteiger partial charge < -0.3 is 9.47 Å². The summed E-state index contributed by atoms with van der Waals surface area (Å²) in [7, 11) is 0. The van der Waals surface area contributed by atoms with Gasteiger partial charge >= 0.3 is 0 Å². The first-order chi connectivity index (χ1) is 35.2. The van der Waals surface area contributed by atoms with Crippen molar-refractivity contribution in [2.75, 3.05) is 4.90 Å². The Morgan fingerprint density at radius 1 is 0.282 bits per heavy atom. The van der Waals surface area contributed by atoms with Crippen LogP contribution in [0, 0.1) is 0 Å². The number of hydrogen-bond donors (Lipinski definition) is 0. The van der Waals surface area contributed by atoms with Gasteiger partial charge in [0.2, 0.25) is 0 Å². The van der Waals surface area contributed by atoms with Crippen LogP contribution in [0.5, 0.6) is 0 Å². The monoisotopic (exact) mass is 956 g/mol. The Balaban J connectivity index is 0.985. The number of hydrogen-bond acceptors (Lipinski definition) is 4. The standard InChI is InChI=1S/C66H40N2S3/c1-3-15-41(16-4-1)48-32-28-47(38-54(48)42-17-5-2-6-18-42)68-58-23-11-7-19-49(58)50-31-27-43(36-59(50)68)44-35-57-53-22-10-14-26-63(53)71-66(57)60(37-44)67(45-29-33-64-55(39-45)51-20-8-12-24-61(51)69-64)46-30-34-65-56(40-46)52-21-9-13-25-62(52)70-65/h1-40H. The van der Waals surface area contributed by atoms with E-state index in [4.69, 9.17) is 0 Å². The SMILES string of the molecule is c1ccc(-c2ccc(-n3c4ccccc4c4ccc(-c5cc(N(c6ccc7sc8ccccc8c7c6)c6ccc7sc8ccccc8c7c6)c6sc7ccccc7c6c5)cc43)cc2-c2ccccc2)cc1. The average molecular weight is 957 g/mol. The number of nitrogens with zero attached hydrogens (tertiary/aromatic N) is 2. The van der Waals surface area contributed by atoms with Crippen LogP contribution in [0.2, 0.25) is 0 Å². The van der Waals surface area contributed by atoms with Crippen molar-refractivity contribution in [3.05, 3.63) is 243 Å². The number of para-hydroxylation sites is 1. The van der Waals surface area contributed by atoms with Gasteiger partial charge in [0, 0.05) is 83.7 Å². The highest BCUT2D eigenvalue weighted by Crippen LogP contribution is 2.50. The van der Waals surface area contributed by atoms with Gasteiger partial charge in [-0.05, 0) is 124 Å². The molecule has 0 fully saturated rings. The van der Waals surface area contributed by atoms with Gasteiger partial charge in [-0.15, -0.1) is 34.0 Å². The lowest BCUT2D eigenvalue weighted by atomic mass is 9.94. The molecule has 4 heterocycles. The first-order valence-electron chi connectivity index (χ1n) is 24.1. The summed E-state index contributed by atoms with van der Waals surface area (Å²) in [6.07, 6.45) is 0. The fraction of sp³-hybridized carbons (Fsp3) is 0. The van der Waals surface area contributed by atoms with Crippen molar-refractivity contribution < 1.29 is 0 Å². The van der Waals surface area contributed by atoms with E-state index in [0.29, 0.717) is 0 Å². The maximum absolute atomic E-state index is 2.54. The van der Waals surface area contributed by atoms with Crippen LogP contribution in [-0.4, -0.2) is 4.57 Å². The van der Waals surface area contributed by atoms with E-state index in [1.54, 1.807) is 0 Å². The third-order valence-electron chi connectivity index (χ3n) is 14.4. The molecule has 0 N–H and O–H groups in total. The Bertz CT molecular complexity index is 4480. The predicted octanol–water partition coefficient (Wildman–Crippen LogP) is 20.4. The second-order valence-electron chi connectivity index (χ2n) is 18.4. The van der Waals surface area contributed by atoms with Crippen molar-refractivity contribution in [1.82, 2.24) is 4.57 Å². The molecule has 0 bridgehead atoms. The minimum absolute atomic E-state index is 1.13. The summed E-state index contributed by atoms with van der Waals surface area (Å²) in [6.45, 7) is 0. The molecular formula is C66H40N2S3. The molecule has 15 rings (SSSR count). The Labute approximate surface area is 421 Å². The summed E-state index contributed by atoms with van der Waals surface area (Å²) in [6, 6.07) is 90.2. The summed E-state index contributed by atoms with van der Waals surface area (Å²) < 4.78 is 10.2. The lowest BCUT2D eigenvalue weighted by Crippen LogP contribution is -2.10. The molecule has 0 spiro atoms. The van der Waals surface area contributed by atoms with E-state index in [0.717, 1.165) is 17.1 Å². The van der Waals surface area contributed by atoms with Gasteiger partial charge in [0.15, 0.2) is 0 Å². The second-order valence-corrected chi connectivity index (χ2v) is 21.6. The van der Waals surface area contributed by atoms with E-state index in [1.807, 2.05) is 34.0 Å². The fourth-order valence-electron chi connectivity index (χ4n) is 11.1. The number of anilines is 3. The van der Waals surface area contributed by atoms with E-state index in [-0.39, 0.29) is 0 Å². The summed E-state index contributed by atoms with van der Waals surface area (Å²) >= 11 is 5.62. The molecule has 0 atom stereocenters. The molecule has 332 valence electrons. The average Bonchev–Trinajstić information content (AvgIpc) is 4.20. The quantitative estimate of drug-likeness (QED) is 0.155. The number of rotatable bonds is 7. The third kappa shape index (κ3) is 6.51. The smallest absolute Gasteiger partial charge is 0.0646 e. The number of aromatic nitrogens is 1. The Morgan fingerprint density at radius 2 is 0.803 bits per heavy atom. The summed E-state index contributed by atoms with van der Waals surface area (Å²) in [5.74, 6) is 0. The molecular weight excluding hydrogens is 917 g/mol. The zero-order valence-electron chi connectivity index (χ0n) is 38.2. The van der Waals surface area contributed by atoms with E-state index < -0.39 is 0 Å². The second kappa shape index (κ2) is 16.1. The molecule has 0 radical (unpaired) electrons. The molecule has 0 amide bonds. The van der Waals surface area contributed by atoms with Crippen LogP contribution in [0.4, 0.5) is 17.1 Å². The zero-order chi connectivity index (χ0) is 46.6. The first kappa shape index (κ1) is 40.6. The van der Waals surface area contributed by atoms with Crippen LogP contribution in [0.15, 0.2) is 243 Å². The first-order valence-corrected chi connectivity index (χ1v) is 26.5. The van der Waals surface area contributed by atoms with E-state index in [1.165, 1.54) is 121 Å². The molecule has 0 aliphatic rings. The molecule has 0 saturated carbocycles. The molecule has 0 aliphatic heterocycles. The number of fused-ring (bicyclic) bond motifs is 12. The highest BCUT2D eigenvalue weighted by atomic mass is 32.1. The Morgan fingerprint density at radius 3 is 1.45 bits per heavy atom. The maximum atomic E-state index is 2.54. The topological polar surface area (TPSA) is 8.17 Å². The van der Waals surface area contributed by atoms with Crippen LogP contribution < -0.4 is 4.90 Å². The van der Waals surface area contributed by atoms with Crippen LogP contribution in [0.25, 0.3) is 121 Å². The van der Waals surface area contributed by atoms with Gasteiger partial charge in [0.1, 0.15) is 0 Å². The molecule has 4 aromatic heterocycles. The van der Waals surface area contributed by atoms with Crippen molar-refractivity contribution >= 4 is 133 Å². The van der Waals surface area contributed by atoms with E-state index in [2.05, 4.69) is 252 Å². The highest BCUT2D eigenvalue weighted by molar-refractivity contribution is 7.27. The summed E-state index contributed by atoms with van der Waals surface area (Å²) in [5.41, 5.74) is 14.1. The van der Waals surface area contributed by atoms with Crippen molar-refractivity contribution in [2.24, 2.45) is 0 Å². The van der Waals surface area contributed by atoms with Crippen LogP contribution in [0.1, 0.15) is 0 Å². The lowest BCUT2D eigenvalue weighted by molar-refractivity contribution is 1.18. The van der Waals surface area contributed by atoms with E-state index >= 15 is 0 Å². The number of benzene rings is 11. The van der Waals surface area contributed by atoms with Crippen molar-refractivity contribution in [1.29, 1.82) is 0 Å². The molecule has 15 aromatic rings. The zero-order valence-corrected chi connectivity index (χ0v) is 40.7. The van der Waals surface area contributed by atoms with Gasteiger partial charge in [-0.1, -0.05) is 152 Å². The normalized spacial score (nSPS) is 11.9. The molecule has 5 heteroatoms. The predicted molar refractivity (Wildman–Crippen MR) is 310 cm³/mol. The van der Waals surface area contributed by atoms with Gasteiger partial charge in [-0.2, -0.15) is 0 Å². The molecule has 0 aliphatic carbocycles. The van der Waals surface area contributed by atoms with Gasteiger partial charge in [0.05, 0.1) is 21.4 Å². The minimum atomic E-state index is 1.13. The fourth-order valence-corrected chi connectivity index (χ4v) is 14.5. The molecule has 11 aromatic carbocycles. The molecule has 2 nitrogen and oxygen atoms in total. The van der Waals surface area contributed by atoms with Gasteiger partial charge in [-0.25, -0.2) is 0 Å². The van der Waals surface area contributed by atoms with Crippen LogP contribution >= 0.6 is 34.0 Å². The lowest BCUT2D eigenvalue weighted by Gasteiger charge is -2.27. The van der Waals surface area contributed by atoms with Crippen molar-refractivity contribution in [2.45, 2.75) is 0 Å². The molecule has 0 saturated heterocycles. The summed E-state index contributed by atoms with van der Waals surface area (Å²) in [4.78, 5) is 2.54. The van der Waals surface area contributed by atoms with Crippen molar-refractivity contribution in [3.63, 3.8) is 0 Å². The Hall–Kier alpha value is -8.32. The van der Waals surface area contributed by atoms with Gasteiger partial charge in [0.25, 0.3) is 0 Å². The third-order valence-corrected chi connectivity index (χ3v) is 17.9. The summed E-state index contributed by atoms with van der Waals surface area (Å²) in [5, 5.41) is 10.2. The van der Waals surface area contributed by atoms with Crippen LogP contribution in [-0.2, 0) is 0 Å². The van der Waals surface area contributed by atoms with Crippen molar-refractivity contribution in [3.8, 4) is 39.1 Å². The number of thiophene rings is 3. The molecule has 71 heavy (non-hydrogen) atoms. The highest BCUT2D eigenvalue weighted by Gasteiger charge is 2.23. The minimum Gasteiger partial charge on any atom is -0.309 e. The maximum Gasteiger partial charge on any atom is 0.0646 e. The van der Waals surface area contributed by atoms with Gasteiger partial charge in [-0.3, -0.25) is 0 Å². The Kier molecular flexibility index (Phi) is 9.21. The van der Waals surface area contributed by atoms with E-state index in [9.17, 15) is 0 Å². The molecule has 0 unspecified atom stereocenters. The van der Waals surface area contributed by atoms with Crippen LogP contribution in [0.3, 0.4) is 0 Å². The largest absolute Gasteiger partial charge is 0.309 e.